The van der Waals surface area contributed by atoms with Gasteiger partial charge in [-0.05, 0) is 60.8 Å². The van der Waals surface area contributed by atoms with Gasteiger partial charge in [0.15, 0.2) is 5.65 Å². The molecule has 0 saturated heterocycles. The summed E-state index contributed by atoms with van der Waals surface area (Å²) in [6, 6.07) is 13.4. The van der Waals surface area contributed by atoms with E-state index in [4.69, 9.17) is 10.5 Å². The number of H-pyrrole nitrogens is 1. The van der Waals surface area contributed by atoms with E-state index >= 15 is 0 Å². The summed E-state index contributed by atoms with van der Waals surface area (Å²) < 4.78 is 7.60. The Morgan fingerprint density at radius 1 is 1.25 bits per heavy atom. The Morgan fingerprint density at radius 2 is 2.11 bits per heavy atom. The minimum absolute atomic E-state index is 0.0463. The van der Waals surface area contributed by atoms with Crippen LogP contribution in [-0.4, -0.2) is 32.9 Å². The standard InChI is InChI=1S/C21H22N4O3/c1-13-8-20-23-24-21(27)25(20)18-10-17(15-5-2-4-14(9-15)12-26)19(11-16(13)18)28-7-3-6-22/h2,4-5,8-11,26H,3,6-7,12,22H2,1H3,(H,24,27). The van der Waals surface area contributed by atoms with E-state index in [-0.39, 0.29) is 12.3 Å². The molecule has 0 fully saturated rings. The molecule has 0 atom stereocenters. The summed E-state index contributed by atoms with van der Waals surface area (Å²) in [5.41, 5.74) is 10.2. The van der Waals surface area contributed by atoms with E-state index in [1.807, 2.05) is 49.4 Å². The molecular formula is C21H22N4O3. The van der Waals surface area contributed by atoms with Crippen molar-refractivity contribution in [3.05, 3.63) is 64.1 Å². The maximum atomic E-state index is 12.3. The van der Waals surface area contributed by atoms with Gasteiger partial charge in [0.25, 0.3) is 0 Å². The molecule has 7 nitrogen and oxygen atoms in total. The van der Waals surface area contributed by atoms with Gasteiger partial charge in [0.2, 0.25) is 0 Å². The van der Waals surface area contributed by atoms with Crippen LogP contribution in [0.1, 0.15) is 17.5 Å². The van der Waals surface area contributed by atoms with Crippen molar-refractivity contribution in [2.24, 2.45) is 5.73 Å². The molecule has 7 heteroatoms. The minimum Gasteiger partial charge on any atom is -0.493 e. The smallest absolute Gasteiger partial charge is 0.348 e. The maximum Gasteiger partial charge on any atom is 0.348 e. The summed E-state index contributed by atoms with van der Waals surface area (Å²) in [6.45, 7) is 2.99. The number of hydrogen-bond donors (Lipinski definition) is 3. The van der Waals surface area contributed by atoms with Gasteiger partial charge in [0, 0.05) is 10.9 Å². The molecule has 0 spiro atoms. The van der Waals surface area contributed by atoms with Crippen LogP contribution >= 0.6 is 0 Å². The molecule has 2 aromatic carbocycles. The number of pyridine rings is 1. The fourth-order valence-corrected chi connectivity index (χ4v) is 3.43. The number of aryl methyl sites for hydroxylation is 1. The highest BCUT2D eigenvalue weighted by Crippen LogP contribution is 2.36. The molecule has 0 aliphatic carbocycles. The Balaban J connectivity index is 2.01. The first kappa shape index (κ1) is 18.2. The Morgan fingerprint density at radius 3 is 2.89 bits per heavy atom. The van der Waals surface area contributed by atoms with Crippen LogP contribution in [0.3, 0.4) is 0 Å². The second-order valence-corrected chi connectivity index (χ2v) is 6.76. The molecular weight excluding hydrogens is 356 g/mol. The Hall–Kier alpha value is -3.16. The number of nitrogens with zero attached hydrogens (tertiary/aromatic N) is 2. The molecule has 0 amide bonds. The van der Waals surface area contributed by atoms with Gasteiger partial charge in [-0.25, -0.2) is 14.3 Å². The monoisotopic (exact) mass is 378 g/mol. The molecule has 0 aliphatic rings. The van der Waals surface area contributed by atoms with Crippen molar-refractivity contribution in [3.8, 4) is 16.9 Å². The molecule has 144 valence electrons. The number of fused-ring (bicyclic) bond motifs is 3. The van der Waals surface area contributed by atoms with Crippen molar-refractivity contribution in [2.75, 3.05) is 13.2 Å². The normalized spacial score (nSPS) is 11.4. The summed E-state index contributed by atoms with van der Waals surface area (Å²) in [7, 11) is 0. The summed E-state index contributed by atoms with van der Waals surface area (Å²) in [5, 5.41) is 17.0. The van der Waals surface area contributed by atoms with E-state index in [2.05, 4.69) is 10.2 Å². The predicted molar refractivity (Wildman–Crippen MR) is 109 cm³/mol. The van der Waals surface area contributed by atoms with E-state index in [0.29, 0.717) is 18.8 Å². The van der Waals surface area contributed by atoms with Crippen molar-refractivity contribution in [2.45, 2.75) is 20.0 Å². The molecule has 2 aromatic heterocycles. The second kappa shape index (κ2) is 7.46. The average Bonchev–Trinajstić information content (AvgIpc) is 3.08. The van der Waals surface area contributed by atoms with Gasteiger partial charge in [-0.1, -0.05) is 18.2 Å². The number of nitrogens with two attached hydrogens (primary N) is 1. The fraction of sp³-hybridized carbons (Fsp3) is 0.238. The van der Waals surface area contributed by atoms with Crippen molar-refractivity contribution >= 4 is 16.6 Å². The first-order chi connectivity index (χ1) is 13.6. The summed E-state index contributed by atoms with van der Waals surface area (Å²) in [4.78, 5) is 12.3. The van der Waals surface area contributed by atoms with Crippen LogP contribution in [0.4, 0.5) is 0 Å². The van der Waals surface area contributed by atoms with Crippen LogP contribution < -0.4 is 16.2 Å². The highest BCUT2D eigenvalue weighted by atomic mass is 16.5. The first-order valence-electron chi connectivity index (χ1n) is 9.20. The fourth-order valence-electron chi connectivity index (χ4n) is 3.43. The molecule has 0 radical (unpaired) electrons. The van der Waals surface area contributed by atoms with E-state index in [0.717, 1.165) is 45.3 Å². The number of ether oxygens (including phenoxy) is 1. The molecule has 4 rings (SSSR count). The van der Waals surface area contributed by atoms with E-state index < -0.39 is 0 Å². The quantitative estimate of drug-likeness (QED) is 0.447. The molecule has 4 N–H and O–H groups in total. The van der Waals surface area contributed by atoms with Crippen LogP contribution in [0.15, 0.2) is 47.3 Å². The molecule has 28 heavy (non-hydrogen) atoms. The largest absolute Gasteiger partial charge is 0.493 e. The minimum atomic E-state index is -0.285. The molecule has 0 bridgehead atoms. The Kier molecular flexibility index (Phi) is 4.85. The van der Waals surface area contributed by atoms with Crippen LogP contribution in [0.25, 0.3) is 27.7 Å². The number of aliphatic hydroxyl groups is 1. The van der Waals surface area contributed by atoms with E-state index in [1.54, 1.807) is 4.40 Å². The van der Waals surface area contributed by atoms with Gasteiger partial charge in [-0.2, -0.15) is 5.10 Å². The predicted octanol–water partition coefficient (Wildman–Crippen LogP) is 2.37. The van der Waals surface area contributed by atoms with Crippen LogP contribution in [0, 0.1) is 6.92 Å². The summed E-state index contributed by atoms with van der Waals surface area (Å²) in [6.07, 6.45) is 0.743. The topological polar surface area (TPSA) is 106 Å². The van der Waals surface area contributed by atoms with Crippen LogP contribution in [-0.2, 0) is 6.61 Å². The van der Waals surface area contributed by atoms with Crippen molar-refractivity contribution in [1.29, 1.82) is 0 Å². The van der Waals surface area contributed by atoms with E-state index in [1.165, 1.54) is 0 Å². The lowest BCUT2D eigenvalue weighted by atomic mass is 9.99. The summed E-state index contributed by atoms with van der Waals surface area (Å²) in [5.74, 6) is 0.718. The summed E-state index contributed by atoms with van der Waals surface area (Å²) >= 11 is 0. The highest BCUT2D eigenvalue weighted by molar-refractivity contribution is 5.92. The average molecular weight is 378 g/mol. The molecule has 0 aliphatic heterocycles. The molecule has 0 unspecified atom stereocenters. The van der Waals surface area contributed by atoms with Crippen LogP contribution in [0.2, 0.25) is 0 Å². The zero-order valence-corrected chi connectivity index (χ0v) is 15.6. The highest BCUT2D eigenvalue weighted by Gasteiger charge is 2.15. The third-order valence-corrected chi connectivity index (χ3v) is 4.83. The number of aromatic nitrogens is 3. The van der Waals surface area contributed by atoms with Gasteiger partial charge >= 0.3 is 5.69 Å². The zero-order valence-electron chi connectivity index (χ0n) is 15.6. The maximum absolute atomic E-state index is 12.3. The third-order valence-electron chi connectivity index (χ3n) is 4.83. The molecule has 2 heterocycles. The number of benzene rings is 2. The van der Waals surface area contributed by atoms with Crippen molar-refractivity contribution < 1.29 is 9.84 Å². The molecule has 0 saturated carbocycles. The number of hydrogen-bond acceptors (Lipinski definition) is 5. The van der Waals surface area contributed by atoms with Gasteiger partial charge in [-0.3, -0.25) is 0 Å². The lowest BCUT2D eigenvalue weighted by molar-refractivity contribution is 0.282. The second-order valence-electron chi connectivity index (χ2n) is 6.76. The third kappa shape index (κ3) is 3.15. The number of rotatable bonds is 6. The van der Waals surface area contributed by atoms with Gasteiger partial charge < -0.3 is 15.6 Å². The van der Waals surface area contributed by atoms with Crippen molar-refractivity contribution in [3.63, 3.8) is 0 Å². The van der Waals surface area contributed by atoms with Gasteiger partial charge in [-0.15, -0.1) is 0 Å². The number of aromatic amines is 1. The Bertz CT molecular complexity index is 1210. The van der Waals surface area contributed by atoms with Crippen LogP contribution in [0.5, 0.6) is 5.75 Å². The lowest BCUT2D eigenvalue weighted by Gasteiger charge is -2.15. The lowest BCUT2D eigenvalue weighted by Crippen LogP contribution is -2.11. The first-order valence-corrected chi connectivity index (χ1v) is 9.20. The number of aliphatic hydroxyl groups excluding tert-OH is 1. The van der Waals surface area contributed by atoms with Gasteiger partial charge in [0.05, 0.1) is 18.7 Å². The SMILES string of the molecule is Cc1cc2n[nH]c(=O)n2c2cc(-c3cccc(CO)c3)c(OCCCN)cc12. The molecule has 4 aromatic rings. The zero-order chi connectivity index (χ0) is 19.7. The Labute approximate surface area is 161 Å². The number of nitrogens with one attached hydrogen (secondary N) is 1. The van der Waals surface area contributed by atoms with E-state index in [9.17, 15) is 9.90 Å². The van der Waals surface area contributed by atoms with Gasteiger partial charge in [0.1, 0.15) is 5.75 Å². The van der Waals surface area contributed by atoms with Crippen molar-refractivity contribution in [1.82, 2.24) is 14.6 Å².